The number of likely N-dealkylation sites (N-methyl/N-ethyl adjacent to an activating group) is 1. The van der Waals surface area contributed by atoms with E-state index < -0.39 is 0 Å². The number of aromatic nitrogens is 2. The van der Waals surface area contributed by atoms with Crippen LogP contribution in [0.4, 0.5) is 0 Å². The van der Waals surface area contributed by atoms with Gasteiger partial charge in [0.15, 0.2) is 0 Å². The maximum atomic E-state index is 12.6. The van der Waals surface area contributed by atoms with E-state index in [-0.39, 0.29) is 17.2 Å². The molecule has 0 bridgehead atoms. The first kappa shape index (κ1) is 16.4. The lowest BCUT2D eigenvalue weighted by Gasteiger charge is -2.23. The zero-order chi connectivity index (χ0) is 16.1. The minimum Gasteiger partial charge on any atom is -0.331 e. The highest BCUT2D eigenvalue weighted by molar-refractivity contribution is 7.11. The molecule has 0 atom stereocenters. The highest BCUT2D eigenvalue weighted by Crippen LogP contribution is 2.18. The van der Waals surface area contributed by atoms with Crippen LogP contribution >= 0.6 is 11.3 Å². The molecule has 0 fully saturated rings. The highest BCUT2D eigenvalue weighted by atomic mass is 32.1. The number of amides is 1. The van der Waals surface area contributed by atoms with Crippen LogP contribution in [0, 0.1) is 6.92 Å². The summed E-state index contributed by atoms with van der Waals surface area (Å²) in [6, 6.07) is 6.87. The van der Waals surface area contributed by atoms with Crippen LogP contribution < -0.4 is 5.56 Å². The van der Waals surface area contributed by atoms with Crippen molar-refractivity contribution in [1.82, 2.24) is 20.0 Å². The number of aromatic amines is 1. The van der Waals surface area contributed by atoms with Crippen molar-refractivity contribution >= 4 is 17.2 Å². The molecular formula is C15H20N4O2S. The van der Waals surface area contributed by atoms with Crippen molar-refractivity contribution in [3.8, 4) is 0 Å². The fraction of sp³-hybridized carbons (Fsp3) is 0.400. The molecule has 1 amide bonds. The second-order valence-corrected chi connectivity index (χ2v) is 6.72. The van der Waals surface area contributed by atoms with Crippen LogP contribution in [0.2, 0.25) is 0 Å². The SMILES string of the molecule is Cc1ccc(CN(CCN(C)C)C(=O)c2ccc(=O)[nH]n2)s1. The van der Waals surface area contributed by atoms with E-state index in [0.717, 1.165) is 11.4 Å². The molecular weight excluding hydrogens is 300 g/mol. The van der Waals surface area contributed by atoms with Crippen LogP contribution in [0.25, 0.3) is 0 Å². The lowest BCUT2D eigenvalue weighted by Crippen LogP contribution is -2.36. The fourth-order valence-corrected chi connectivity index (χ4v) is 2.86. The Morgan fingerprint density at radius 1 is 1.23 bits per heavy atom. The molecule has 2 heterocycles. The molecule has 1 N–H and O–H groups in total. The van der Waals surface area contributed by atoms with Gasteiger partial charge in [-0.3, -0.25) is 9.59 Å². The third kappa shape index (κ3) is 4.51. The van der Waals surface area contributed by atoms with E-state index in [1.165, 1.54) is 17.0 Å². The molecule has 6 nitrogen and oxygen atoms in total. The van der Waals surface area contributed by atoms with Gasteiger partial charge < -0.3 is 9.80 Å². The minimum absolute atomic E-state index is 0.177. The molecule has 118 valence electrons. The molecule has 0 aromatic carbocycles. The monoisotopic (exact) mass is 320 g/mol. The third-order valence-corrected chi connectivity index (χ3v) is 4.13. The van der Waals surface area contributed by atoms with E-state index in [1.54, 1.807) is 16.2 Å². The molecule has 2 aromatic heterocycles. The van der Waals surface area contributed by atoms with E-state index >= 15 is 0 Å². The van der Waals surface area contributed by atoms with Gasteiger partial charge in [0.25, 0.3) is 11.5 Å². The molecule has 0 saturated carbocycles. The number of H-pyrrole nitrogens is 1. The second-order valence-electron chi connectivity index (χ2n) is 5.35. The molecule has 0 radical (unpaired) electrons. The lowest BCUT2D eigenvalue weighted by molar-refractivity contribution is 0.0726. The van der Waals surface area contributed by atoms with Crippen LogP contribution in [0.3, 0.4) is 0 Å². The number of carbonyl (C=O) groups is 1. The number of nitrogens with zero attached hydrogens (tertiary/aromatic N) is 3. The molecule has 0 spiro atoms. The smallest absolute Gasteiger partial charge is 0.274 e. The molecule has 0 aliphatic rings. The van der Waals surface area contributed by atoms with Gasteiger partial charge in [-0.25, -0.2) is 5.10 Å². The average Bonchev–Trinajstić information content (AvgIpc) is 2.88. The molecule has 0 aliphatic carbocycles. The lowest BCUT2D eigenvalue weighted by atomic mass is 10.3. The third-order valence-electron chi connectivity index (χ3n) is 3.15. The largest absolute Gasteiger partial charge is 0.331 e. The highest BCUT2D eigenvalue weighted by Gasteiger charge is 2.18. The predicted octanol–water partition coefficient (Wildman–Crippen LogP) is 1.34. The summed E-state index contributed by atoms with van der Waals surface area (Å²) in [5.41, 5.74) is -0.0584. The first-order valence-electron chi connectivity index (χ1n) is 7.01. The number of hydrogen-bond acceptors (Lipinski definition) is 5. The van der Waals surface area contributed by atoms with E-state index in [4.69, 9.17) is 0 Å². The Morgan fingerprint density at radius 3 is 2.55 bits per heavy atom. The van der Waals surface area contributed by atoms with Gasteiger partial charge in [-0.2, -0.15) is 5.10 Å². The summed E-state index contributed by atoms with van der Waals surface area (Å²) >= 11 is 1.68. The number of rotatable bonds is 6. The normalized spacial score (nSPS) is 10.9. The minimum atomic E-state index is -0.315. The van der Waals surface area contributed by atoms with Crippen molar-refractivity contribution in [2.75, 3.05) is 27.2 Å². The molecule has 0 aliphatic heterocycles. The van der Waals surface area contributed by atoms with Crippen molar-refractivity contribution in [2.24, 2.45) is 0 Å². The number of nitrogens with one attached hydrogen (secondary N) is 1. The number of carbonyl (C=O) groups excluding carboxylic acids is 1. The predicted molar refractivity (Wildman–Crippen MR) is 87.2 cm³/mol. The van der Waals surface area contributed by atoms with Gasteiger partial charge in [-0.05, 0) is 39.2 Å². The van der Waals surface area contributed by atoms with Gasteiger partial charge in [0.1, 0.15) is 5.69 Å². The van der Waals surface area contributed by atoms with Gasteiger partial charge in [-0.1, -0.05) is 0 Å². The zero-order valence-corrected chi connectivity index (χ0v) is 13.8. The van der Waals surface area contributed by atoms with Crippen LogP contribution in [-0.2, 0) is 6.54 Å². The summed E-state index contributed by atoms with van der Waals surface area (Å²) in [5.74, 6) is -0.177. The van der Waals surface area contributed by atoms with Crippen molar-refractivity contribution in [1.29, 1.82) is 0 Å². The molecule has 22 heavy (non-hydrogen) atoms. The Bertz CT molecular complexity index is 672. The van der Waals surface area contributed by atoms with Crippen molar-refractivity contribution in [3.05, 3.63) is 50.1 Å². The number of aryl methyl sites for hydroxylation is 1. The summed E-state index contributed by atoms with van der Waals surface area (Å²) in [4.78, 5) is 29.8. The molecule has 7 heteroatoms. The van der Waals surface area contributed by atoms with Gasteiger partial charge in [0.2, 0.25) is 0 Å². The average molecular weight is 320 g/mol. The van der Waals surface area contributed by atoms with E-state index in [9.17, 15) is 9.59 Å². The first-order chi connectivity index (χ1) is 10.5. The van der Waals surface area contributed by atoms with Gasteiger partial charge in [0.05, 0.1) is 6.54 Å². The summed E-state index contributed by atoms with van der Waals surface area (Å²) < 4.78 is 0. The molecule has 2 rings (SSSR count). The van der Waals surface area contributed by atoms with Crippen molar-refractivity contribution < 1.29 is 4.79 Å². The summed E-state index contributed by atoms with van der Waals surface area (Å²) in [6.07, 6.45) is 0. The molecule has 0 saturated heterocycles. The Labute approximate surface area is 133 Å². The Kier molecular flexibility index (Phi) is 5.46. The Balaban J connectivity index is 2.16. The Hall–Kier alpha value is -1.99. The van der Waals surface area contributed by atoms with Gasteiger partial charge in [0, 0.05) is 28.9 Å². The van der Waals surface area contributed by atoms with E-state index in [1.807, 2.05) is 38.1 Å². The van der Waals surface area contributed by atoms with Gasteiger partial charge in [-0.15, -0.1) is 11.3 Å². The van der Waals surface area contributed by atoms with E-state index in [2.05, 4.69) is 10.2 Å². The number of thiophene rings is 1. The quantitative estimate of drug-likeness (QED) is 0.872. The number of hydrogen-bond donors (Lipinski definition) is 1. The zero-order valence-electron chi connectivity index (χ0n) is 13.0. The van der Waals surface area contributed by atoms with Gasteiger partial charge >= 0.3 is 0 Å². The standard InChI is InChI=1S/C15H20N4O2S/c1-11-4-5-12(22-11)10-19(9-8-18(2)3)15(21)13-6-7-14(20)17-16-13/h4-7H,8-10H2,1-3H3,(H,17,20). The second kappa shape index (κ2) is 7.33. The van der Waals surface area contributed by atoms with Crippen LogP contribution in [0.1, 0.15) is 20.2 Å². The molecule has 2 aromatic rings. The topological polar surface area (TPSA) is 69.3 Å². The van der Waals surface area contributed by atoms with Crippen LogP contribution in [0.15, 0.2) is 29.1 Å². The summed E-state index contributed by atoms with van der Waals surface area (Å²) in [7, 11) is 3.94. The summed E-state index contributed by atoms with van der Waals surface area (Å²) in [6.45, 7) is 3.96. The maximum Gasteiger partial charge on any atom is 0.274 e. The van der Waals surface area contributed by atoms with Crippen molar-refractivity contribution in [2.45, 2.75) is 13.5 Å². The van der Waals surface area contributed by atoms with E-state index in [0.29, 0.717) is 13.1 Å². The summed E-state index contributed by atoms with van der Waals surface area (Å²) in [5, 5.41) is 6.14. The van der Waals surface area contributed by atoms with Crippen LogP contribution in [-0.4, -0.2) is 53.1 Å². The van der Waals surface area contributed by atoms with Crippen LogP contribution in [0.5, 0.6) is 0 Å². The first-order valence-corrected chi connectivity index (χ1v) is 7.82. The fourth-order valence-electron chi connectivity index (χ4n) is 1.96. The maximum absolute atomic E-state index is 12.6. The van der Waals surface area contributed by atoms with Crippen molar-refractivity contribution in [3.63, 3.8) is 0 Å². The molecule has 0 unspecified atom stereocenters. The Morgan fingerprint density at radius 2 is 2.00 bits per heavy atom.